The van der Waals surface area contributed by atoms with Crippen molar-refractivity contribution < 1.29 is 74.7 Å². The number of imidazole rings is 2. The zero-order chi connectivity index (χ0) is 43.8. The number of aromatic nitrogens is 8. The molecule has 61 heavy (non-hydrogen) atoms. The van der Waals surface area contributed by atoms with E-state index in [1.165, 1.54) is 0 Å². The van der Waals surface area contributed by atoms with E-state index in [4.69, 9.17) is 58.0 Å². The third-order valence-electron chi connectivity index (χ3n) is 8.39. The van der Waals surface area contributed by atoms with Gasteiger partial charge < -0.3 is 49.5 Å². The third-order valence-corrected chi connectivity index (χ3v) is 14.9. The van der Waals surface area contributed by atoms with Crippen molar-refractivity contribution in [1.82, 2.24) is 39.0 Å². The third kappa shape index (κ3) is 9.68. The number of hydrogen-bond donors (Lipinski definition) is 4. The zero-order valence-corrected chi connectivity index (χ0v) is 35.5. The number of rotatable bonds is 10. The normalized spacial score (nSPS) is 28.1. The molecule has 26 nitrogen and oxygen atoms in total. The fourth-order valence-electron chi connectivity index (χ4n) is 5.82. The van der Waals surface area contributed by atoms with Crippen molar-refractivity contribution in [2.24, 2.45) is 0 Å². The van der Waals surface area contributed by atoms with Crippen LogP contribution in [0, 0.1) is 0 Å². The van der Waals surface area contributed by atoms with Crippen molar-refractivity contribution >= 4 is 82.8 Å². The Morgan fingerprint density at radius 2 is 1.59 bits per heavy atom. The molecule has 0 aromatic carbocycles. The van der Waals surface area contributed by atoms with Gasteiger partial charge in [0.15, 0.2) is 52.3 Å². The maximum Gasteiger partial charge on any atom is 0.509 e. The lowest BCUT2D eigenvalue weighted by Crippen LogP contribution is -2.35. The maximum atomic E-state index is 16.8. The molecule has 6 N–H and O–H groups in total. The number of carbonyl (C=O) groups excluding carboxylic acids is 2. The number of aromatic amines is 1. The maximum absolute atomic E-state index is 16.8. The molecule has 2 bridgehead atoms. The van der Waals surface area contributed by atoms with Crippen LogP contribution in [0.3, 0.4) is 0 Å². The zero-order valence-electron chi connectivity index (χ0n) is 32.1. The van der Waals surface area contributed by atoms with E-state index in [0.717, 1.165) is 28.1 Å². The van der Waals surface area contributed by atoms with Gasteiger partial charge in [-0.15, -0.1) is 0 Å². The van der Waals surface area contributed by atoms with Gasteiger partial charge in [-0.25, -0.2) is 43.0 Å². The number of H-pyrrole nitrogens is 1. The van der Waals surface area contributed by atoms with Crippen LogP contribution in [-0.4, -0.2) is 118 Å². The molecule has 0 aliphatic carbocycles. The molecule has 7 rings (SSSR count). The molecule has 0 radical (unpaired) electrons. The van der Waals surface area contributed by atoms with Crippen molar-refractivity contribution in [1.29, 1.82) is 0 Å². The Morgan fingerprint density at radius 1 is 0.951 bits per heavy atom. The van der Waals surface area contributed by atoms with Crippen LogP contribution in [0.1, 0.15) is 40.2 Å². The number of hydrogen-bond acceptors (Lipinski definition) is 25. The average Bonchev–Trinajstić information content (AvgIpc) is 3.94. The van der Waals surface area contributed by atoms with Gasteiger partial charge in [0, 0.05) is 22.8 Å². The van der Waals surface area contributed by atoms with Gasteiger partial charge in [-0.3, -0.25) is 32.5 Å². The van der Waals surface area contributed by atoms with Gasteiger partial charge in [0.05, 0.1) is 25.1 Å². The van der Waals surface area contributed by atoms with Gasteiger partial charge in [-0.05, 0) is 27.7 Å². The SMILES string of the molecule is CC(C)OC(=O)OCSP1(=O)OCC2O[C@@H](n3cnc4c(=O)[nH]c(N)nc43)C(OP(=O)(SCOC(=O)OC(C)C)OCC3=C(O1)C(F)C(n1cnc4c(N)ncnc41)O3)C2O. The first-order valence-electron chi connectivity index (χ1n) is 17.8. The van der Waals surface area contributed by atoms with Crippen LogP contribution in [0.5, 0.6) is 0 Å². The molecule has 0 spiro atoms. The van der Waals surface area contributed by atoms with Crippen LogP contribution in [0.25, 0.3) is 22.3 Å². The van der Waals surface area contributed by atoms with Gasteiger partial charge in [-0.1, -0.05) is 0 Å². The molecule has 4 aromatic heterocycles. The molecule has 4 aromatic rings. The number of fused-ring (bicyclic) bond motifs is 4. The molecular weight excluding hydrogens is 901 g/mol. The van der Waals surface area contributed by atoms with E-state index in [2.05, 4.69) is 29.9 Å². The predicted molar refractivity (Wildman–Crippen MR) is 208 cm³/mol. The Hall–Kier alpha value is -4.73. The lowest BCUT2D eigenvalue weighted by Gasteiger charge is -2.26. The number of aliphatic hydroxyl groups excluding tert-OH is 1. The summed E-state index contributed by atoms with van der Waals surface area (Å²) in [5, 5.41) is 11.7. The Labute approximate surface area is 350 Å². The van der Waals surface area contributed by atoms with Crippen molar-refractivity contribution in [2.45, 2.75) is 76.8 Å². The molecule has 1 fully saturated rings. The number of aliphatic hydroxyl groups is 1. The molecule has 7 heterocycles. The van der Waals surface area contributed by atoms with Crippen LogP contribution < -0.4 is 17.0 Å². The summed E-state index contributed by atoms with van der Waals surface area (Å²) < 4.78 is 104. The summed E-state index contributed by atoms with van der Waals surface area (Å²) in [7, 11) is 0. The highest BCUT2D eigenvalue weighted by Crippen LogP contribution is 2.66. The summed E-state index contributed by atoms with van der Waals surface area (Å²) in [5.74, 6) is -3.10. The Morgan fingerprint density at radius 3 is 2.26 bits per heavy atom. The number of nitrogens with one attached hydrogen (secondary N) is 1. The highest BCUT2D eigenvalue weighted by atomic mass is 32.7. The molecule has 0 amide bonds. The molecule has 1 saturated heterocycles. The highest BCUT2D eigenvalue weighted by Gasteiger charge is 2.53. The number of anilines is 2. The molecule has 7 unspecified atom stereocenters. The first kappa shape index (κ1) is 44.3. The molecule has 3 aliphatic heterocycles. The standard InChI is InChI=1S/C30H37FN10O16P2S2/c1-12(2)52-29(44)48-10-60-58(46)50-5-14-19(42)21(27(54-14)41-9-37-18-24(41)38-28(33)39-25(18)43)57-59(47,61-11-49-30(45)53-13(3)4)51-6-15-20(56-58)16(31)26(55-15)40-8-36-17-22(32)34-7-35-23(17)40/h7-9,12-14,16,19,21,26-27,42H,5-6,10-11H2,1-4H3,(H2,32,34,35)(H3,33,38,39,43)/t14?,16?,19?,21?,26?,27-,58?,59?/m1/s1. The monoisotopic (exact) mass is 938 g/mol. The Balaban J connectivity index is 1.27. The number of carbonyl (C=O) groups is 2. The summed E-state index contributed by atoms with van der Waals surface area (Å²) in [6.07, 6.45) is -10.7. The van der Waals surface area contributed by atoms with Gasteiger partial charge in [-0.2, -0.15) is 4.98 Å². The summed E-state index contributed by atoms with van der Waals surface area (Å²) in [6.45, 7) is -5.08. The van der Waals surface area contributed by atoms with E-state index in [1.54, 1.807) is 27.7 Å². The molecule has 3 aliphatic rings. The smallest absolute Gasteiger partial charge is 0.465 e. The number of nitrogens with zero attached hydrogens (tertiary/aromatic N) is 7. The number of halogens is 1. The highest BCUT2D eigenvalue weighted by molar-refractivity contribution is 8.55. The van der Waals surface area contributed by atoms with Gasteiger partial charge in [0.2, 0.25) is 18.3 Å². The van der Waals surface area contributed by atoms with Crippen LogP contribution in [0.2, 0.25) is 0 Å². The molecule has 332 valence electrons. The van der Waals surface area contributed by atoms with Crippen LogP contribution in [0.4, 0.5) is 25.7 Å². The largest absolute Gasteiger partial charge is 0.509 e. The van der Waals surface area contributed by atoms with Crippen LogP contribution in [-0.2, 0) is 55.6 Å². The molecule has 0 saturated carbocycles. The molecule has 31 heteroatoms. The quantitative estimate of drug-likeness (QED) is 0.100. The van der Waals surface area contributed by atoms with E-state index in [0.29, 0.717) is 11.4 Å². The van der Waals surface area contributed by atoms with E-state index >= 15 is 4.39 Å². The van der Waals surface area contributed by atoms with Crippen molar-refractivity contribution in [3.8, 4) is 0 Å². The van der Waals surface area contributed by atoms with Crippen molar-refractivity contribution in [3.05, 3.63) is 40.9 Å². The second-order valence-electron chi connectivity index (χ2n) is 13.4. The summed E-state index contributed by atoms with van der Waals surface area (Å²) in [5.41, 5.74) is 10.8. The summed E-state index contributed by atoms with van der Waals surface area (Å²) in [6, 6.07) is 0. The lowest BCUT2D eigenvalue weighted by molar-refractivity contribution is -0.0463. The number of ether oxygens (including phenoxy) is 6. The number of nitrogen functional groups attached to an aromatic ring is 2. The minimum absolute atomic E-state index is 0.0240. The lowest BCUT2D eigenvalue weighted by atomic mass is 10.1. The minimum atomic E-state index is -4.79. The molecule has 8 atom stereocenters. The van der Waals surface area contributed by atoms with Gasteiger partial charge in [0.1, 0.15) is 43.1 Å². The van der Waals surface area contributed by atoms with Crippen LogP contribution >= 0.6 is 36.4 Å². The van der Waals surface area contributed by atoms with E-state index in [-0.39, 0.29) is 45.5 Å². The summed E-state index contributed by atoms with van der Waals surface area (Å²) in [4.78, 5) is 59.7. The topological polar surface area (TPSA) is 340 Å². The van der Waals surface area contributed by atoms with E-state index in [9.17, 15) is 28.6 Å². The number of alkyl halides is 1. The van der Waals surface area contributed by atoms with E-state index in [1.807, 2.05) is 0 Å². The Bertz CT molecular complexity index is 2490. The van der Waals surface area contributed by atoms with Gasteiger partial charge >= 0.3 is 25.9 Å². The van der Waals surface area contributed by atoms with E-state index < -0.39 is 117 Å². The average molecular weight is 939 g/mol. The second kappa shape index (κ2) is 17.9. The predicted octanol–water partition coefficient (Wildman–Crippen LogP) is 3.63. The van der Waals surface area contributed by atoms with Crippen molar-refractivity contribution in [3.63, 3.8) is 0 Å². The first-order chi connectivity index (χ1) is 28.9. The molecular formula is C30H37FN10O16P2S2. The Kier molecular flexibility index (Phi) is 13.0. The number of nitrogens with two attached hydrogens (primary N) is 2. The van der Waals surface area contributed by atoms with Crippen LogP contribution in [0.15, 0.2) is 35.3 Å². The summed E-state index contributed by atoms with van der Waals surface area (Å²) >= 11 is 0.593. The fourth-order valence-corrected chi connectivity index (χ4v) is 11.1. The fraction of sp³-hybridized carbons (Fsp3) is 0.533. The first-order valence-corrected chi connectivity index (χ1v) is 24.1. The van der Waals surface area contributed by atoms with Crippen molar-refractivity contribution in [2.75, 3.05) is 36.6 Å². The minimum Gasteiger partial charge on any atom is -0.465 e. The second-order valence-corrected chi connectivity index (χ2v) is 21.3. The van der Waals surface area contributed by atoms with Gasteiger partial charge in [0.25, 0.3) is 5.56 Å².